The first-order valence-corrected chi connectivity index (χ1v) is 6.92. The third-order valence-corrected chi connectivity index (χ3v) is 4.81. The molecule has 2 aliphatic carbocycles. The fourth-order valence-electron chi connectivity index (χ4n) is 4.02. The van der Waals surface area contributed by atoms with Crippen molar-refractivity contribution in [2.24, 2.45) is 17.8 Å². The molecule has 18 heavy (non-hydrogen) atoms. The van der Waals surface area contributed by atoms with Crippen molar-refractivity contribution in [2.45, 2.75) is 31.6 Å². The van der Waals surface area contributed by atoms with E-state index in [0.717, 1.165) is 12.3 Å². The first kappa shape index (κ1) is 11.8. The number of esters is 1. The zero-order valence-electron chi connectivity index (χ0n) is 10.8. The molecule has 2 saturated carbocycles. The van der Waals surface area contributed by atoms with E-state index in [9.17, 15) is 4.79 Å². The van der Waals surface area contributed by atoms with E-state index >= 15 is 0 Å². The minimum absolute atomic E-state index is 0.00537. The van der Waals surface area contributed by atoms with Crippen molar-refractivity contribution in [3.05, 3.63) is 35.9 Å². The zero-order chi connectivity index (χ0) is 12.5. The maximum Gasteiger partial charge on any atom is 0.309 e. The molecule has 0 radical (unpaired) electrons. The van der Waals surface area contributed by atoms with Crippen LogP contribution in [0.25, 0.3) is 0 Å². The minimum Gasteiger partial charge on any atom is -0.469 e. The first-order chi connectivity index (χ1) is 8.79. The molecule has 0 aliphatic heterocycles. The van der Waals surface area contributed by atoms with Crippen LogP contribution in [0.3, 0.4) is 0 Å². The Hall–Kier alpha value is -1.31. The number of carbonyl (C=O) groups is 1. The van der Waals surface area contributed by atoms with Gasteiger partial charge < -0.3 is 4.74 Å². The van der Waals surface area contributed by atoms with E-state index in [-0.39, 0.29) is 11.9 Å². The molecule has 0 N–H and O–H groups in total. The van der Waals surface area contributed by atoms with E-state index in [1.54, 1.807) is 0 Å². The summed E-state index contributed by atoms with van der Waals surface area (Å²) >= 11 is 0. The quantitative estimate of drug-likeness (QED) is 0.745. The lowest BCUT2D eigenvalue weighted by Gasteiger charge is -2.35. The predicted molar refractivity (Wildman–Crippen MR) is 70.1 cm³/mol. The van der Waals surface area contributed by atoms with Gasteiger partial charge in [-0.15, -0.1) is 0 Å². The Morgan fingerprint density at radius 1 is 1.17 bits per heavy atom. The first-order valence-electron chi connectivity index (χ1n) is 6.92. The van der Waals surface area contributed by atoms with Gasteiger partial charge in [0.1, 0.15) is 0 Å². The van der Waals surface area contributed by atoms with Crippen LogP contribution < -0.4 is 0 Å². The van der Waals surface area contributed by atoms with Crippen molar-refractivity contribution in [1.82, 2.24) is 0 Å². The van der Waals surface area contributed by atoms with Crippen molar-refractivity contribution < 1.29 is 9.53 Å². The summed E-state index contributed by atoms with van der Waals surface area (Å²) in [5, 5.41) is 0. The maximum absolute atomic E-state index is 12.1. The van der Waals surface area contributed by atoms with E-state index < -0.39 is 0 Å². The van der Waals surface area contributed by atoms with Gasteiger partial charge in [0.2, 0.25) is 0 Å². The van der Waals surface area contributed by atoms with Crippen molar-refractivity contribution >= 4 is 5.97 Å². The van der Waals surface area contributed by atoms with Crippen molar-refractivity contribution in [3.63, 3.8) is 0 Å². The number of hydrogen-bond acceptors (Lipinski definition) is 2. The highest BCUT2D eigenvalue weighted by Crippen LogP contribution is 2.52. The summed E-state index contributed by atoms with van der Waals surface area (Å²) in [7, 11) is 1.52. The van der Waals surface area contributed by atoms with Crippen LogP contribution in [0, 0.1) is 17.8 Å². The van der Waals surface area contributed by atoms with Gasteiger partial charge in [-0.2, -0.15) is 0 Å². The number of ether oxygens (including phenoxy) is 1. The topological polar surface area (TPSA) is 26.3 Å². The Bertz CT molecular complexity index is 426. The number of rotatable bonds is 2. The van der Waals surface area contributed by atoms with Gasteiger partial charge in [-0.25, -0.2) is 0 Å². The SMILES string of the molecule is COC(=O)[C@H]1[C@H]2CC[C@@H](C2)C[C@H]1c1ccccc1. The number of carbonyl (C=O) groups excluding carboxylic acids is 1. The third-order valence-electron chi connectivity index (χ3n) is 4.81. The van der Waals surface area contributed by atoms with Gasteiger partial charge in [-0.1, -0.05) is 36.8 Å². The normalized spacial score (nSPS) is 34.3. The highest BCUT2D eigenvalue weighted by Gasteiger charge is 2.46. The Morgan fingerprint density at radius 2 is 1.94 bits per heavy atom. The van der Waals surface area contributed by atoms with Gasteiger partial charge in [0, 0.05) is 0 Å². The summed E-state index contributed by atoms with van der Waals surface area (Å²) in [5.41, 5.74) is 1.31. The molecule has 0 unspecified atom stereocenters. The zero-order valence-corrected chi connectivity index (χ0v) is 10.8. The second-order valence-corrected chi connectivity index (χ2v) is 5.74. The summed E-state index contributed by atoms with van der Waals surface area (Å²) < 4.78 is 5.05. The Labute approximate surface area is 108 Å². The van der Waals surface area contributed by atoms with Gasteiger partial charge in [-0.3, -0.25) is 4.79 Å². The average Bonchev–Trinajstić information content (AvgIpc) is 2.80. The number of benzene rings is 1. The Morgan fingerprint density at radius 3 is 2.67 bits per heavy atom. The lowest BCUT2D eigenvalue weighted by atomic mass is 9.69. The van der Waals surface area contributed by atoms with Crippen LogP contribution in [0.15, 0.2) is 30.3 Å². The molecule has 0 amide bonds. The molecule has 2 bridgehead atoms. The predicted octanol–water partition coefficient (Wildman–Crippen LogP) is 3.38. The molecule has 0 aromatic heterocycles. The fraction of sp³-hybridized carbons (Fsp3) is 0.562. The molecule has 2 aliphatic rings. The highest BCUT2D eigenvalue weighted by molar-refractivity contribution is 5.74. The second kappa shape index (κ2) is 4.75. The molecule has 0 saturated heterocycles. The minimum atomic E-state index is -0.00537. The molecule has 1 aromatic carbocycles. The Kier molecular flexibility index (Phi) is 3.11. The average molecular weight is 244 g/mol. The molecule has 2 nitrogen and oxygen atoms in total. The van der Waals surface area contributed by atoms with E-state index in [1.165, 1.54) is 31.9 Å². The smallest absolute Gasteiger partial charge is 0.309 e. The molecule has 3 rings (SSSR count). The van der Waals surface area contributed by atoms with Gasteiger partial charge in [-0.05, 0) is 42.6 Å². The number of methoxy groups -OCH3 is 1. The van der Waals surface area contributed by atoms with Crippen LogP contribution in [0.1, 0.15) is 37.2 Å². The lowest BCUT2D eigenvalue weighted by Crippen LogP contribution is -2.33. The van der Waals surface area contributed by atoms with Crippen molar-refractivity contribution in [2.75, 3.05) is 7.11 Å². The monoisotopic (exact) mass is 244 g/mol. The molecule has 1 aromatic rings. The summed E-state index contributed by atoms with van der Waals surface area (Å²) in [6.45, 7) is 0. The molecular formula is C16H20O2. The standard InChI is InChI=1S/C16H20O2/c1-18-16(17)15-13-8-7-11(9-13)10-14(15)12-5-3-2-4-6-12/h2-6,11,13-15H,7-10H2,1H3/t11-,13-,14-,15-/m0/s1. The van der Waals surface area contributed by atoms with Crippen LogP contribution >= 0.6 is 0 Å². The van der Waals surface area contributed by atoms with Gasteiger partial charge in [0.25, 0.3) is 0 Å². The molecule has 4 atom stereocenters. The summed E-state index contributed by atoms with van der Waals surface area (Å²) in [5.74, 6) is 1.80. The van der Waals surface area contributed by atoms with E-state index in [0.29, 0.717) is 11.8 Å². The second-order valence-electron chi connectivity index (χ2n) is 5.74. The summed E-state index contributed by atoms with van der Waals surface area (Å²) in [6, 6.07) is 10.5. The highest BCUT2D eigenvalue weighted by atomic mass is 16.5. The fourth-order valence-corrected chi connectivity index (χ4v) is 4.02. The largest absolute Gasteiger partial charge is 0.469 e. The van der Waals surface area contributed by atoms with Gasteiger partial charge in [0.15, 0.2) is 0 Å². The number of hydrogen-bond donors (Lipinski definition) is 0. The molecule has 2 heteroatoms. The van der Waals surface area contributed by atoms with Gasteiger partial charge in [0.05, 0.1) is 13.0 Å². The molecule has 96 valence electrons. The number of fused-ring (bicyclic) bond motifs is 2. The molecule has 2 fully saturated rings. The van der Waals surface area contributed by atoms with E-state index in [2.05, 4.69) is 24.3 Å². The van der Waals surface area contributed by atoms with Crippen LogP contribution in [-0.2, 0) is 9.53 Å². The third kappa shape index (κ3) is 1.94. The maximum atomic E-state index is 12.1. The van der Waals surface area contributed by atoms with Crippen molar-refractivity contribution in [1.29, 1.82) is 0 Å². The van der Waals surface area contributed by atoms with Crippen molar-refractivity contribution in [3.8, 4) is 0 Å². The van der Waals surface area contributed by atoms with Crippen LogP contribution in [0.4, 0.5) is 0 Å². The van der Waals surface area contributed by atoms with Gasteiger partial charge >= 0.3 is 5.97 Å². The van der Waals surface area contributed by atoms with Crippen LogP contribution in [0.2, 0.25) is 0 Å². The van der Waals surface area contributed by atoms with Crippen LogP contribution in [-0.4, -0.2) is 13.1 Å². The Balaban J connectivity index is 1.93. The molecular weight excluding hydrogens is 224 g/mol. The molecule has 0 spiro atoms. The summed E-state index contributed by atoms with van der Waals surface area (Å²) in [4.78, 5) is 12.1. The van der Waals surface area contributed by atoms with E-state index in [1.807, 2.05) is 6.07 Å². The van der Waals surface area contributed by atoms with Crippen LogP contribution in [0.5, 0.6) is 0 Å². The van der Waals surface area contributed by atoms with E-state index in [4.69, 9.17) is 4.74 Å². The summed E-state index contributed by atoms with van der Waals surface area (Å²) in [6.07, 6.45) is 4.87. The molecule has 0 heterocycles. The lowest BCUT2D eigenvalue weighted by molar-refractivity contribution is -0.149.